The molecule has 3 nitrogen and oxygen atoms in total. The highest BCUT2D eigenvalue weighted by molar-refractivity contribution is 8.13. The van der Waals surface area contributed by atoms with Gasteiger partial charge in [-0.2, -0.15) is 0 Å². The number of rotatable bonds is 2. The van der Waals surface area contributed by atoms with Gasteiger partial charge in [-0.25, -0.2) is 0 Å². The third-order valence-corrected chi connectivity index (χ3v) is 5.50. The van der Waals surface area contributed by atoms with Gasteiger partial charge in [0.25, 0.3) is 0 Å². The van der Waals surface area contributed by atoms with Crippen molar-refractivity contribution in [3.8, 4) is 0 Å². The van der Waals surface area contributed by atoms with Gasteiger partial charge in [-0.3, -0.25) is 9.20 Å². The van der Waals surface area contributed by atoms with E-state index in [1.54, 1.807) is 0 Å². The topological polar surface area (TPSA) is 41.5 Å². The van der Waals surface area contributed by atoms with E-state index >= 15 is 0 Å². The number of nitrogens with zero attached hydrogens (tertiary/aromatic N) is 1. The Bertz CT molecular complexity index is 284. The van der Waals surface area contributed by atoms with Crippen molar-refractivity contribution in [2.24, 2.45) is 4.99 Å². The summed E-state index contributed by atoms with van der Waals surface area (Å²) in [5, 5.41) is 4.64. The molecule has 1 fully saturated rings. The van der Waals surface area contributed by atoms with Crippen LogP contribution in [0.25, 0.3) is 0 Å². The van der Waals surface area contributed by atoms with Crippen molar-refractivity contribution < 1.29 is 4.21 Å². The minimum absolute atomic E-state index is 0.500. The Labute approximate surface area is 104 Å². The van der Waals surface area contributed by atoms with Crippen LogP contribution in [-0.4, -0.2) is 38.7 Å². The highest BCUT2D eigenvalue weighted by Gasteiger charge is 2.21. The van der Waals surface area contributed by atoms with Crippen LogP contribution in [-0.2, 0) is 10.8 Å². The predicted octanol–water partition coefficient (Wildman–Crippen LogP) is 1.76. The maximum absolute atomic E-state index is 11.2. The second kappa shape index (κ2) is 6.05. The highest BCUT2D eigenvalue weighted by Crippen LogP contribution is 2.20. The summed E-state index contributed by atoms with van der Waals surface area (Å²) in [6, 6.07) is 1.01. The normalized spacial score (nSPS) is 35.6. The summed E-state index contributed by atoms with van der Waals surface area (Å²) in [6.45, 7) is 2.20. The zero-order valence-electron chi connectivity index (χ0n) is 9.78. The molecule has 1 saturated heterocycles. The van der Waals surface area contributed by atoms with E-state index in [4.69, 9.17) is 4.99 Å². The molecule has 0 aromatic carbocycles. The van der Waals surface area contributed by atoms with Crippen molar-refractivity contribution in [1.29, 1.82) is 0 Å². The number of aliphatic imine (C=N–C) groups is 1. The van der Waals surface area contributed by atoms with E-state index in [2.05, 4.69) is 12.2 Å². The molecule has 0 amide bonds. The summed E-state index contributed by atoms with van der Waals surface area (Å²) in [5.41, 5.74) is 0. The standard InChI is InChI=1S/C11H20N2OS2/c1-2-9-3-6-15-11(12-9)13-10-4-7-16(14)8-5-10/h9-10H,2-8H2,1H3,(H,12,13). The van der Waals surface area contributed by atoms with Crippen molar-refractivity contribution >= 4 is 27.7 Å². The van der Waals surface area contributed by atoms with E-state index in [1.807, 2.05) is 11.8 Å². The van der Waals surface area contributed by atoms with Gasteiger partial charge in [0, 0.05) is 34.1 Å². The quantitative estimate of drug-likeness (QED) is 0.822. The largest absolute Gasteiger partial charge is 0.362 e. The number of nitrogens with one attached hydrogen (secondary N) is 1. The molecular weight excluding hydrogens is 240 g/mol. The molecule has 16 heavy (non-hydrogen) atoms. The van der Waals surface area contributed by atoms with E-state index in [0.29, 0.717) is 12.1 Å². The number of hydrogen-bond acceptors (Lipinski definition) is 4. The van der Waals surface area contributed by atoms with Gasteiger partial charge >= 0.3 is 0 Å². The lowest BCUT2D eigenvalue weighted by molar-refractivity contribution is 0.547. The first-order valence-corrected chi connectivity index (χ1v) is 8.57. The summed E-state index contributed by atoms with van der Waals surface area (Å²) in [6.07, 6.45) is 4.41. The third kappa shape index (κ3) is 3.48. The van der Waals surface area contributed by atoms with Crippen molar-refractivity contribution in [1.82, 2.24) is 5.32 Å². The van der Waals surface area contributed by atoms with Gasteiger partial charge in [-0.1, -0.05) is 18.7 Å². The molecule has 0 aliphatic carbocycles. The monoisotopic (exact) mass is 260 g/mol. The highest BCUT2D eigenvalue weighted by atomic mass is 32.2. The molecule has 0 bridgehead atoms. The summed E-state index contributed by atoms with van der Waals surface area (Å²) in [4.78, 5) is 4.71. The lowest BCUT2D eigenvalue weighted by Gasteiger charge is -2.26. The lowest BCUT2D eigenvalue weighted by Crippen LogP contribution is -2.40. The SMILES string of the molecule is CCC1CCSC(NC2CCS(=O)CC2)=N1. The van der Waals surface area contributed by atoms with Gasteiger partial charge < -0.3 is 5.32 Å². The lowest BCUT2D eigenvalue weighted by atomic mass is 10.1. The smallest absolute Gasteiger partial charge is 0.157 e. The van der Waals surface area contributed by atoms with Crippen molar-refractivity contribution in [2.75, 3.05) is 17.3 Å². The average molecular weight is 260 g/mol. The number of hydrogen-bond donors (Lipinski definition) is 1. The van der Waals surface area contributed by atoms with Gasteiger partial charge in [0.2, 0.25) is 0 Å². The molecule has 2 rings (SSSR count). The molecule has 1 N–H and O–H groups in total. The van der Waals surface area contributed by atoms with E-state index in [0.717, 1.165) is 35.9 Å². The third-order valence-electron chi connectivity index (χ3n) is 3.18. The van der Waals surface area contributed by atoms with Crippen molar-refractivity contribution in [3.63, 3.8) is 0 Å². The second-order valence-corrected chi connectivity index (χ2v) is 7.18. The first-order valence-electron chi connectivity index (χ1n) is 6.10. The zero-order chi connectivity index (χ0) is 11.4. The Morgan fingerprint density at radius 3 is 2.88 bits per heavy atom. The zero-order valence-corrected chi connectivity index (χ0v) is 11.4. The van der Waals surface area contributed by atoms with Crippen molar-refractivity contribution in [2.45, 2.75) is 44.7 Å². The van der Waals surface area contributed by atoms with Gasteiger partial charge in [0.1, 0.15) is 0 Å². The second-order valence-electron chi connectivity index (χ2n) is 4.40. The van der Waals surface area contributed by atoms with Gasteiger partial charge in [-0.05, 0) is 25.7 Å². The molecule has 0 aromatic heterocycles. The van der Waals surface area contributed by atoms with E-state index < -0.39 is 10.8 Å². The van der Waals surface area contributed by atoms with Crippen LogP contribution in [0.2, 0.25) is 0 Å². The molecular formula is C11H20N2OS2. The molecule has 0 aromatic rings. The average Bonchev–Trinajstić information content (AvgIpc) is 2.32. The molecule has 0 spiro atoms. The van der Waals surface area contributed by atoms with Crippen LogP contribution in [0.4, 0.5) is 0 Å². The fourth-order valence-electron chi connectivity index (χ4n) is 2.05. The summed E-state index contributed by atoms with van der Waals surface area (Å²) >= 11 is 1.84. The minimum Gasteiger partial charge on any atom is -0.362 e. The Balaban J connectivity index is 1.84. The Kier molecular flexibility index (Phi) is 4.70. The molecule has 1 atom stereocenters. The molecule has 2 aliphatic heterocycles. The molecule has 1 unspecified atom stereocenters. The maximum atomic E-state index is 11.2. The fourth-order valence-corrected chi connectivity index (χ4v) is 4.40. The molecule has 0 radical (unpaired) electrons. The minimum atomic E-state index is -0.563. The summed E-state index contributed by atoms with van der Waals surface area (Å²) < 4.78 is 11.2. The van der Waals surface area contributed by atoms with Crippen LogP contribution in [0.3, 0.4) is 0 Å². The summed E-state index contributed by atoms with van der Waals surface area (Å²) in [5.74, 6) is 2.89. The van der Waals surface area contributed by atoms with Crippen LogP contribution in [0, 0.1) is 0 Å². The fraction of sp³-hybridized carbons (Fsp3) is 0.909. The number of amidine groups is 1. The number of thioether (sulfide) groups is 1. The Hall–Kier alpha value is -0.0300. The molecule has 2 aliphatic rings. The van der Waals surface area contributed by atoms with Crippen LogP contribution in [0.5, 0.6) is 0 Å². The first kappa shape index (κ1) is 12.4. The molecule has 2 heterocycles. The van der Waals surface area contributed by atoms with E-state index in [1.165, 1.54) is 12.2 Å². The first-order chi connectivity index (χ1) is 7.78. The van der Waals surface area contributed by atoms with Crippen LogP contribution in [0.1, 0.15) is 32.6 Å². The van der Waals surface area contributed by atoms with Gasteiger partial charge in [0.15, 0.2) is 5.17 Å². The van der Waals surface area contributed by atoms with E-state index in [-0.39, 0.29) is 0 Å². The van der Waals surface area contributed by atoms with E-state index in [9.17, 15) is 4.21 Å². The van der Waals surface area contributed by atoms with Crippen LogP contribution < -0.4 is 5.32 Å². The Morgan fingerprint density at radius 1 is 1.44 bits per heavy atom. The molecule has 92 valence electrons. The van der Waals surface area contributed by atoms with Gasteiger partial charge in [-0.15, -0.1) is 0 Å². The van der Waals surface area contributed by atoms with Crippen LogP contribution in [0.15, 0.2) is 4.99 Å². The summed E-state index contributed by atoms with van der Waals surface area (Å²) in [7, 11) is -0.563. The molecule has 5 heteroatoms. The maximum Gasteiger partial charge on any atom is 0.157 e. The molecule has 0 saturated carbocycles. The van der Waals surface area contributed by atoms with Gasteiger partial charge in [0.05, 0.1) is 6.04 Å². The Morgan fingerprint density at radius 2 is 2.19 bits per heavy atom. The van der Waals surface area contributed by atoms with Crippen molar-refractivity contribution in [3.05, 3.63) is 0 Å². The van der Waals surface area contributed by atoms with Crippen LogP contribution >= 0.6 is 11.8 Å². The predicted molar refractivity (Wildman–Crippen MR) is 72.6 cm³/mol.